The van der Waals surface area contributed by atoms with Gasteiger partial charge in [-0.2, -0.15) is 0 Å². The van der Waals surface area contributed by atoms with Crippen LogP contribution in [0.15, 0.2) is 4.99 Å². The number of thiocarbonyl (C=S) groups is 1. The Morgan fingerprint density at radius 3 is 3.00 bits per heavy atom. The molecule has 0 amide bonds. The van der Waals surface area contributed by atoms with Gasteiger partial charge >= 0.3 is 0 Å². The molecule has 1 aliphatic rings. The predicted molar refractivity (Wildman–Crippen MR) is 32.7 cm³/mol. The van der Waals surface area contributed by atoms with Gasteiger partial charge in [-0.1, -0.05) is 12.2 Å². The van der Waals surface area contributed by atoms with E-state index < -0.39 is 0 Å². The van der Waals surface area contributed by atoms with E-state index in [2.05, 4.69) is 22.7 Å². The van der Waals surface area contributed by atoms with Crippen LogP contribution < -0.4 is 0 Å². The van der Waals surface area contributed by atoms with Gasteiger partial charge in [0.15, 0.2) is 0 Å². The van der Waals surface area contributed by atoms with Crippen LogP contribution in [-0.2, 0) is 0 Å². The van der Waals surface area contributed by atoms with Crippen molar-refractivity contribution in [1.82, 2.24) is 4.90 Å². The predicted octanol–water partition coefficient (Wildman–Crippen LogP) is 0.165. The molecule has 0 atom stereocenters. The molecule has 3 heteroatoms. The summed E-state index contributed by atoms with van der Waals surface area (Å²) >= 11 is 4.50. The third kappa shape index (κ3) is 0.962. The van der Waals surface area contributed by atoms with Crippen molar-refractivity contribution in [2.45, 2.75) is 0 Å². The molecule has 1 aliphatic heterocycles. The van der Waals surface area contributed by atoms with E-state index in [1.807, 2.05) is 0 Å². The van der Waals surface area contributed by atoms with Gasteiger partial charge in [0.2, 0.25) is 0 Å². The van der Waals surface area contributed by atoms with Crippen molar-refractivity contribution < 1.29 is 0 Å². The first kappa shape index (κ1) is 4.71. The number of aliphatic imine (C=N–C) groups is 1. The minimum absolute atomic E-state index is 0.865. The molecule has 0 spiro atoms. The van der Waals surface area contributed by atoms with E-state index in [1.54, 1.807) is 11.2 Å². The van der Waals surface area contributed by atoms with Gasteiger partial charge in [-0.3, -0.25) is 4.99 Å². The topological polar surface area (TPSA) is 15.6 Å². The lowest BCUT2D eigenvalue weighted by atomic mass is 10.6. The molecule has 1 heterocycles. The highest BCUT2D eigenvalue weighted by Gasteiger charge is 1.98. The maximum atomic E-state index is 4.50. The summed E-state index contributed by atoms with van der Waals surface area (Å²) in [7, 11) is 0. The molecule has 0 unspecified atom stereocenters. The first-order valence-electron chi connectivity index (χ1n) is 2.08. The average Bonchev–Trinajstić information content (AvgIpc) is 2.14. The maximum Gasteiger partial charge on any atom is 0.142 e. The summed E-state index contributed by atoms with van der Waals surface area (Å²) in [4.78, 5) is 5.67. The second-order valence-corrected chi connectivity index (χ2v) is 1.49. The van der Waals surface area contributed by atoms with E-state index in [9.17, 15) is 0 Å². The SMILES string of the molecule is S=[C]N1C=NCC1. The number of nitrogens with zero attached hydrogens (tertiary/aromatic N) is 2. The van der Waals surface area contributed by atoms with E-state index in [0.717, 1.165) is 13.1 Å². The van der Waals surface area contributed by atoms with Crippen molar-refractivity contribution in [3.8, 4) is 0 Å². The zero-order chi connectivity index (χ0) is 5.11. The Bertz CT molecular complexity index is 99.9. The fraction of sp³-hybridized carbons (Fsp3) is 0.500. The third-order valence-corrected chi connectivity index (χ3v) is 1.04. The van der Waals surface area contributed by atoms with Gasteiger partial charge in [0, 0.05) is 6.54 Å². The van der Waals surface area contributed by atoms with Crippen LogP contribution >= 0.6 is 12.2 Å². The number of hydrogen-bond acceptors (Lipinski definition) is 2. The van der Waals surface area contributed by atoms with Crippen LogP contribution in [0.3, 0.4) is 0 Å². The lowest BCUT2D eigenvalue weighted by Crippen LogP contribution is -2.15. The van der Waals surface area contributed by atoms with Crippen LogP contribution in [0, 0.1) is 0 Å². The van der Waals surface area contributed by atoms with Gasteiger partial charge in [0.25, 0.3) is 0 Å². The lowest BCUT2D eigenvalue weighted by Gasteiger charge is -1.98. The van der Waals surface area contributed by atoms with Crippen molar-refractivity contribution >= 4 is 24.0 Å². The molecule has 2 nitrogen and oxygen atoms in total. The first-order chi connectivity index (χ1) is 3.43. The van der Waals surface area contributed by atoms with Gasteiger partial charge in [0.05, 0.1) is 12.9 Å². The minimum Gasteiger partial charge on any atom is -0.319 e. The highest BCUT2D eigenvalue weighted by molar-refractivity contribution is 7.78. The normalized spacial score (nSPS) is 18.0. The van der Waals surface area contributed by atoms with Crippen molar-refractivity contribution in [3.63, 3.8) is 0 Å². The Morgan fingerprint density at radius 1 is 1.86 bits per heavy atom. The standard InChI is InChI=1S/C4H5N2S/c7-4-6-2-1-5-3-6/h3H,1-2H2. The molecular weight excluding hydrogens is 108 g/mol. The quantitative estimate of drug-likeness (QED) is 0.450. The van der Waals surface area contributed by atoms with Crippen molar-refractivity contribution in [2.24, 2.45) is 4.99 Å². The fourth-order valence-corrected chi connectivity index (χ4v) is 0.587. The summed E-state index contributed by atoms with van der Waals surface area (Å²) < 4.78 is 0. The Labute approximate surface area is 47.8 Å². The molecule has 1 rings (SSSR count). The summed E-state index contributed by atoms with van der Waals surface area (Å²) in [5, 5.41) is 0. The molecule has 0 aromatic carbocycles. The van der Waals surface area contributed by atoms with Gasteiger partial charge in [0.1, 0.15) is 5.49 Å². The van der Waals surface area contributed by atoms with Gasteiger partial charge in [-0.15, -0.1) is 0 Å². The molecule has 1 radical (unpaired) electrons. The van der Waals surface area contributed by atoms with Crippen LogP contribution in [-0.4, -0.2) is 29.8 Å². The number of rotatable bonds is 1. The summed E-state index contributed by atoms with van der Waals surface area (Å²) in [6.45, 7) is 1.77. The van der Waals surface area contributed by atoms with E-state index in [0.29, 0.717) is 0 Å². The van der Waals surface area contributed by atoms with Crippen molar-refractivity contribution in [2.75, 3.05) is 13.1 Å². The zero-order valence-electron chi connectivity index (χ0n) is 3.79. The Kier molecular flexibility index (Phi) is 1.36. The van der Waals surface area contributed by atoms with Crippen LogP contribution in [0.2, 0.25) is 0 Å². The molecule has 0 N–H and O–H groups in total. The van der Waals surface area contributed by atoms with E-state index in [1.165, 1.54) is 0 Å². The van der Waals surface area contributed by atoms with E-state index >= 15 is 0 Å². The van der Waals surface area contributed by atoms with Gasteiger partial charge in [-0.05, 0) is 0 Å². The molecule has 0 aromatic heterocycles. The highest BCUT2D eigenvalue weighted by atomic mass is 32.1. The second-order valence-electron chi connectivity index (χ2n) is 1.31. The molecule has 0 aromatic rings. The molecule has 0 fully saturated rings. The Morgan fingerprint density at radius 2 is 2.71 bits per heavy atom. The highest BCUT2D eigenvalue weighted by Crippen LogP contribution is 1.86. The van der Waals surface area contributed by atoms with E-state index in [4.69, 9.17) is 0 Å². The minimum atomic E-state index is 0.865. The summed E-state index contributed by atoms with van der Waals surface area (Å²) in [6.07, 6.45) is 1.70. The van der Waals surface area contributed by atoms with Gasteiger partial charge < -0.3 is 4.90 Å². The maximum absolute atomic E-state index is 4.50. The molecule has 37 valence electrons. The third-order valence-electron chi connectivity index (χ3n) is 0.808. The van der Waals surface area contributed by atoms with E-state index in [-0.39, 0.29) is 0 Å². The number of hydrogen-bond donors (Lipinski definition) is 0. The van der Waals surface area contributed by atoms with Crippen molar-refractivity contribution in [3.05, 3.63) is 0 Å². The zero-order valence-corrected chi connectivity index (χ0v) is 4.61. The molecule has 0 aliphatic carbocycles. The van der Waals surface area contributed by atoms with Crippen LogP contribution in [0.1, 0.15) is 0 Å². The van der Waals surface area contributed by atoms with Crippen LogP contribution in [0.25, 0.3) is 0 Å². The molecule has 0 saturated heterocycles. The molecule has 7 heavy (non-hydrogen) atoms. The average molecular weight is 113 g/mol. The largest absolute Gasteiger partial charge is 0.319 e. The summed E-state index contributed by atoms with van der Waals surface area (Å²) in [5.74, 6) is 0. The van der Waals surface area contributed by atoms with Crippen LogP contribution in [0.5, 0.6) is 0 Å². The summed E-state index contributed by atoms with van der Waals surface area (Å²) in [6, 6.07) is 0. The molecule has 0 saturated carbocycles. The molecule has 0 bridgehead atoms. The second kappa shape index (κ2) is 2.02. The van der Waals surface area contributed by atoms with Gasteiger partial charge in [-0.25, -0.2) is 0 Å². The van der Waals surface area contributed by atoms with Crippen LogP contribution in [0.4, 0.5) is 0 Å². The Hall–Kier alpha value is -0.440. The van der Waals surface area contributed by atoms with Crippen molar-refractivity contribution in [1.29, 1.82) is 0 Å². The molecular formula is C4H5N2S. The summed E-state index contributed by atoms with van der Waals surface area (Å²) in [5.41, 5.74) is 2.53. The fourth-order valence-electron chi connectivity index (χ4n) is 0.449. The Balaban J connectivity index is 2.42. The monoisotopic (exact) mass is 113 g/mol. The first-order valence-corrected chi connectivity index (χ1v) is 2.48. The lowest BCUT2D eigenvalue weighted by molar-refractivity contribution is 0.706. The smallest absolute Gasteiger partial charge is 0.142 e.